The molecule has 1 unspecified atom stereocenters. The highest BCUT2D eigenvalue weighted by molar-refractivity contribution is 5.99. The Labute approximate surface area is 315 Å². The van der Waals surface area contributed by atoms with Crippen LogP contribution < -0.4 is 30.1 Å². The number of esters is 1. The van der Waals surface area contributed by atoms with Gasteiger partial charge in [0.05, 0.1) is 55.9 Å². The quantitative estimate of drug-likeness (QED) is 0.148. The molecule has 12 nitrogen and oxygen atoms in total. The van der Waals surface area contributed by atoms with Crippen LogP contribution in [-0.2, 0) is 28.3 Å². The molecule has 0 spiro atoms. The van der Waals surface area contributed by atoms with Crippen LogP contribution in [0.4, 0.5) is 0 Å². The van der Waals surface area contributed by atoms with E-state index in [4.69, 9.17) is 33.1 Å². The number of hydrogen-bond acceptors (Lipinski definition) is 11. The number of rotatable bonds is 5. The molecule has 6 aromatic rings. The second kappa shape index (κ2) is 13.2. The van der Waals surface area contributed by atoms with Gasteiger partial charge in [-0.05, 0) is 68.3 Å². The summed E-state index contributed by atoms with van der Waals surface area (Å²) in [4.78, 5) is 42.8. The maximum Gasteiger partial charge on any atom is 0.347 e. The largest absolute Gasteiger partial charge is 0.497 e. The zero-order valence-electron chi connectivity index (χ0n) is 31.1. The van der Waals surface area contributed by atoms with Gasteiger partial charge in [0.15, 0.2) is 5.60 Å². The van der Waals surface area contributed by atoms with Crippen LogP contribution in [0, 0.1) is 0 Å². The van der Waals surface area contributed by atoms with Gasteiger partial charge in [0.1, 0.15) is 51.7 Å². The Kier molecular flexibility index (Phi) is 8.53. The second-order valence-electron chi connectivity index (χ2n) is 14.1. The van der Waals surface area contributed by atoms with Crippen molar-refractivity contribution in [2.75, 3.05) is 21.3 Å². The Morgan fingerprint density at radius 2 is 1.67 bits per heavy atom. The number of benzene rings is 3. The molecule has 3 aromatic carbocycles. The average Bonchev–Trinajstić information content (AvgIpc) is 3.54. The fourth-order valence-electron chi connectivity index (χ4n) is 7.48. The number of hydrogen-bond donors (Lipinski definition) is 1. The van der Waals surface area contributed by atoms with Crippen LogP contribution in [0.3, 0.4) is 0 Å². The third-order valence-electron chi connectivity index (χ3n) is 10.3. The lowest BCUT2D eigenvalue weighted by Gasteiger charge is -2.31. The molecule has 6 heterocycles. The van der Waals surface area contributed by atoms with E-state index in [9.17, 15) is 19.5 Å². The Bertz CT molecular complexity index is 2710. The molecule has 3 aliphatic heterocycles. The van der Waals surface area contributed by atoms with Gasteiger partial charge in [-0.1, -0.05) is 37.3 Å². The summed E-state index contributed by atoms with van der Waals surface area (Å²) in [6.45, 7) is 5.91. The molecule has 3 aromatic heterocycles. The standard InChI is InChI=1S/C23H22O6.C20H16N2O4/c1-23(2)11-10-15-16(29-23)12-17-19(20(15)26-4)21(27-5)18(22(24)28-17)13-6-8-14(25-3)9-7-13;1-2-20(25)14-8-16-17-12(7-11-5-3-4-6-15(11)21-17)9-22(16)18(23)13(14)10-26-19(20)24/h6-12H,1-5H3;3-8,25H,2,9-10H2,1H3. The molecule has 0 radical (unpaired) electrons. The van der Waals surface area contributed by atoms with Crippen LogP contribution in [-0.4, -0.2) is 47.6 Å². The minimum absolute atomic E-state index is 0.110. The van der Waals surface area contributed by atoms with Crippen LogP contribution in [0.1, 0.15) is 49.4 Å². The Morgan fingerprint density at radius 3 is 2.38 bits per heavy atom. The number of ether oxygens (including phenoxy) is 5. The maximum absolute atomic E-state index is 13.0. The van der Waals surface area contributed by atoms with E-state index in [-0.39, 0.29) is 18.6 Å². The highest BCUT2D eigenvalue weighted by atomic mass is 16.6. The number of fused-ring (bicyclic) bond motifs is 7. The summed E-state index contributed by atoms with van der Waals surface area (Å²) in [5, 5.41) is 12.4. The number of aliphatic hydroxyl groups is 1. The topological polar surface area (TPSA) is 149 Å². The average molecular weight is 743 g/mol. The molecule has 0 aliphatic carbocycles. The number of cyclic esters (lactones) is 1. The lowest BCUT2D eigenvalue weighted by molar-refractivity contribution is -0.172. The van der Waals surface area contributed by atoms with Crippen molar-refractivity contribution < 1.29 is 38.0 Å². The van der Waals surface area contributed by atoms with E-state index < -0.39 is 22.8 Å². The van der Waals surface area contributed by atoms with Gasteiger partial charge in [-0.3, -0.25) is 4.79 Å². The molecule has 55 heavy (non-hydrogen) atoms. The summed E-state index contributed by atoms with van der Waals surface area (Å²) < 4.78 is 35.0. The first-order chi connectivity index (χ1) is 26.4. The van der Waals surface area contributed by atoms with E-state index in [1.165, 1.54) is 7.11 Å². The first-order valence-corrected chi connectivity index (χ1v) is 17.8. The van der Waals surface area contributed by atoms with Crippen molar-refractivity contribution in [2.24, 2.45) is 0 Å². The van der Waals surface area contributed by atoms with Gasteiger partial charge in [0, 0.05) is 22.6 Å². The minimum Gasteiger partial charge on any atom is -0.497 e. The van der Waals surface area contributed by atoms with Gasteiger partial charge < -0.3 is 37.8 Å². The molecular weight excluding hydrogens is 704 g/mol. The summed E-state index contributed by atoms with van der Waals surface area (Å²) in [6.07, 6.45) is 4.05. The Hall–Kier alpha value is -6.40. The molecule has 1 atom stereocenters. The summed E-state index contributed by atoms with van der Waals surface area (Å²) in [7, 11) is 4.68. The van der Waals surface area contributed by atoms with Crippen LogP contribution in [0.2, 0.25) is 0 Å². The number of carbonyl (C=O) groups excluding carboxylic acids is 1. The third-order valence-corrected chi connectivity index (χ3v) is 10.3. The molecule has 1 N–H and O–H groups in total. The normalized spacial score (nSPS) is 17.2. The van der Waals surface area contributed by atoms with Crippen LogP contribution in [0.5, 0.6) is 23.0 Å². The molecule has 0 saturated heterocycles. The molecular formula is C43H38N2O10. The number of aromatic nitrogens is 2. The molecule has 12 heteroatoms. The third kappa shape index (κ3) is 5.72. The van der Waals surface area contributed by atoms with Crippen molar-refractivity contribution in [3.63, 3.8) is 0 Å². The summed E-state index contributed by atoms with van der Waals surface area (Å²) in [6, 6.07) is 20.4. The first kappa shape index (κ1) is 35.6. The molecule has 3 aliphatic rings. The molecule has 0 amide bonds. The minimum atomic E-state index is -1.79. The van der Waals surface area contributed by atoms with Gasteiger partial charge in [0.25, 0.3) is 5.56 Å². The molecule has 0 saturated carbocycles. The van der Waals surface area contributed by atoms with Gasteiger partial charge >= 0.3 is 11.6 Å². The van der Waals surface area contributed by atoms with Crippen LogP contribution in [0.25, 0.3) is 50.5 Å². The van der Waals surface area contributed by atoms with Gasteiger partial charge in [0.2, 0.25) is 0 Å². The van der Waals surface area contributed by atoms with E-state index >= 15 is 0 Å². The highest BCUT2D eigenvalue weighted by Crippen LogP contribution is 2.47. The van der Waals surface area contributed by atoms with Crippen LogP contribution in [0.15, 0.2) is 86.8 Å². The molecule has 280 valence electrons. The zero-order chi connectivity index (χ0) is 38.8. The van der Waals surface area contributed by atoms with Crippen molar-refractivity contribution in [2.45, 2.75) is 51.5 Å². The van der Waals surface area contributed by atoms with Gasteiger partial charge in [-0.15, -0.1) is 0 Å². The number of nitrogens with zero attached hydrogens (tertiary/aromatic N) is 2. The fourth-order valence-corrected chi connectivity index (χ4v) is 7.48. The Morgan fingerprint density at radius 1 is 0.927 bits per heavy atom. The van der Waals surface area contributed by atoms with E-state index in [1.807, 2.05) is 56.3 Å². The highest BCUT2D eigenvalue weighted by Gasteiger charge is 2.45. The van der Waals surface area contributed by atoms with Crippen molar-refractivity contribution >= 4 is 33.9 Å². The van der Waals surface area contributed by atoms with Crippen LogP contribution >= 0.6 is 0 Å². The van der Waals surface area contributed by atoms with Crippen molar-refractivity contribution in [1.29, 1.82) is 0 Å². The zero-order valence-corrected chi connectivity index (χ0v) is 31.1. The molecule has 0 bridgehead atoms. The summed E-state index contributed by atoms with van der Waals surface area (Å²) in [5.74, 6) is 1.49. The lowest BCUT2D eigenvalue weighted by Crippen LogP contribution is -2.44. The van der Waals surface area contributed by atoms with Gasteiger partial charge in [-0.2, -0.15) is 0 Å². The number of methoxy groups -OCH3 is 3. The van der Waals surface area contributed by atoms with E-state index in [0.29, 0.717) is 68.5 Å². The van der Waals surface area contributed by atoms with E-state index in [1.54, 1.807) is 62.1 Å². The smallest absolute Gasteiger partial charge is 0.347 e. The van der Waals surface area contributed by atoms with E-state index in [2.05, 4.69) is 0 Å². The number of para-hydroxylation sites is 1. The first-order valence-electron chi connectivity index (χ1n) is 17.8. The summed E-state index contributed by atoms with van der Waals surface area (Å²) in [5.41, 5.74) is 2.92. The lowest BCUT2D eigenvalue weighted by atomic mass is 9.86. The van der Waals surface area contributed by atoms with Crippen molar-refractivity contribution in [1.82, 2.24) is 9.55 Å². The second-order valence-corrected chi connectivity index (χ2v) is 14.1. The van der Waals surface area contributed by atoms with E-state index in [0.717, 1.165) is 27.7 Å². The SMILES string of the molecule is CCC1(O)C(=O)OCc2c1cc1n(c2=O)Cc2cc3ccccc3nc2-1.COc1ccc(-c2c(OC)c3c(OC)c4c(cc3oc2=O)OC(C)(C)C=C4)cc1. The predicted molar refractivity (Wildman–Crippen MR) is 206 cm³/mol. The number of pyridine rings is 2. The fraction of sp³-hybridized carbons (Fsp3) is 0.256. The monoisotopic (exact) mass is 742 g/mol. The van der Waals surface area contributed by atoms with Gasteiger partial charge in [-0.25, -0.2) is 14.6 Å². The molecule has 0 fully saturated rings. The predicted octanol–water partition coefficient (Wildman–Crippen LogP) is 6.75. The molecule has 9 rings (SSSR count). The summed E-state index contributed by atoms with van der Waals surface area (Å²) >= 11 is 0. The Balaban J connectivity index is 0.000000156. The van der Waals surface area contributed by atoms with Crippen molar-refractivity contribution in [3.05, 3.63) is 116 Å². The maximum atomic E-state index is 13.0. The number of carbonyl (C=O) groups is 1. The van der Waals surface area contributed by atoms with Crippen molar-refractivity contribution in [3.8, 4) is 45.5 Å².